The van der Waals surface area contributed by atoms with Crippen LogP contribution in [0.25, 0.3) is 10.6 Å². The highest BCUT2D eigenvalue weighted by atomic mass is 32.2. The number of ether oxygens (including phenoxy) is 1. The molecule has 2 aromatic heterocycles. The summed E-state index contributed by atoms with van der Waals surface area (Å²) in [7, 11) is -3.32. The molecule has 1 N–H and O–H groups in total. The van der Waals surface area contributed by atoms with E-state index in [2.05, 4.69) is 50.3 Å². The van der Waals surface area contributed by atoms with E-state index in [1.165, 1.54) is 11.8 Å². The molecule has 1 saturated carbocycles. The third-order valence-corrected chi connectivity index (χ3v) is 8.68. The summed E-state index contributed by atoms with van der Waals surface area (Å²) in [5.41, 5.74) is 2.45. The molecule has 2 unspecified atom stereocenters. The Labute approximate surface area is 211 Å². The second-order valence-corrected chi connectivity index (χ2v) is 12.1. The van der Waals surface area contributed by atoms with E-state index in [0.29, 0.717) is 12.5 Å². The summed E-state index contributed by atoms with van der Waals surface area (Å²) in [6.07, 6.45) is 9.98. The van der Waals surface area contributed by atoms with Crippen molar-refractivity contribution in [1.82, 2.24) is 14.7 Å². The fourth-order valence-electron chi connectivity index (χ4n) is 5.30. The standard InChI is InChI=1S/C26H32N4O3S2/c1-35(31,32)29-23-13-16-30(25-18-34-26(28-25)21-11-14-27-15-12-21)24(23)17-33-22-9-7-20(8-10-22)19-5-3-2-4-6-19/h2-6,11-12,14-15,18,20,22-24,29H,7-10,13,16-17H2,1H3/t20-,22+,23?,24?. The zero-order valence-electron chi connectivity index (χ0n) is 19.9. The monoisotopic (exact) mass is 512 g/mol. The van der Waals surface area contributed by atoms with Gasteiger partial charge in [0.05, 0.1) is 25.0 Å². The quantitative estimate of drug-likeness (QED) is 0.480. The van der Waals surface area contributed by atoms with Crippen LogP contribution in [0.3, 0.4) is 0 Å². The molecule has 0 amide bonds. The number of anilines is 1. The molecule has 2 fully saturated rings. The molecule has 2 atom stereocenters. The lowest BCUT2D eigenvalue weighted by Crippen LogP contribution is -2.48. The largest absolute Gasteiger partial charge is 0.376 e. The van der Waals surface area contributed by atoms with Crippen molar-refractivity contribution >= 4 is 27.2 Å². The van der Waals surface area contributed by atoms with Crippen molar-refractivity contribution in [3.8, 4) is 10.6 Å². The maximum absolute atomic E-state index is 12.1. The number of hydrogen-bond donors (Lipinski definition) is 1. The van der Waals surface area contributed by atoms with Gasteiger partial charge in [-0.15, -0.1) is 11.3 Å². The molecule has 186 valence electrons. The van der Waals surface area contributed by atoms with Crippen LogP contribution in [-0.4, -0.2) is 56.0 Å². The number of benzene rings is 1. The molecule has 35 heavy (non-hydrogen) atoms. The van der Waals surface area contributed by atoms with Crippen LogP contribution in [0.4, 0.5) is 5.82 Å². The highest BCUT2D eigenvalue weighted by Crippen LogP contribution is 2.35. The summed E-state index contributed by atoms with van der Waals surface area (Å²) < 4.78 is 33.4. The molecule has 5 rings (SSSR count). The Morgan fingerprint density at radius 2 is 1.80 bits per heavy atom. The Morgan fingerprint density at radius 3 is 2.51 bits per heavy atom. The molecule has 1 saturated heterocycles. The molecule has 1 aromatic carbocycles. The summed E-state index contributed by atoms with van der Waals surface area (Å²) in [6.45, 7) is 1.22. The van der Waals surface area contributed by atoms with Crippen LogP contribution in [-0.2, 0) is 14.8 Å². The number of hydrogen-bond acceptors (Lipinski definition) is 7. The number of sulfonamides is 1. The molecule has 7 nitrogen and oxygen atoms in total. The maximum Gasteiger partial charge on any atom is 0.209 e. The van der Waals surface area contributed by atoms with Crippen molar-refractivity contribution in [2.24, 2.45) is 0 Å². The average molecular weight is 513 g/mol. The van der Waals surface area contributed by atoms with Crippen molar-refractivity contribution in [3.63, 3.8) is 0 Å². The number of pyridine rings is 1. The summed E-state index contributed by atoms with van der Waals surface area (Å²) in [6, 6.07) is 14.3. The number of thiazole rings is 1. The summed E-state index contributed by atoms with van der Waals surface area (Å²) in [5, 5.41) is 2.98. The Kier molecular flexibility index (Phi) is 7.48. The van der Waals surface area contributed by atoms with Gasteiger partial charge in [0.15, 0.2) is 0 Å². The smallest absolute Gasteiger partial charge is 0.209 e. The van der Waals surface area contributed by atoms with Gasteiger partial charge in [0.2, 0.25) is 10.0 Å². The fraction of sp³-hybridized carbons (Fsp3) is 0.462. The molecule has 0 bridgehead atoms. The number of rotatable bonds is 8. The molecule has 0 radical (unpaired) electrons. The molecule has 1 aliphatic heterocycles. The van der Waals surface area contributed by atoms with E-state index in [0.717, 1.165) is 55.0 Å². The highest BCUT2D eigenvalue weighted by molar-refractivity contribution is 7.88. The first-order valence-corrected chi connectivity index (χ1v) is 15.0. The van der Waals surface area contributed by atoms with Crippen molar-refractivity contribution < 1.29 is 13.2 Å². The normalized spacial score (nSPS) is 25.1. The maximum atomic E-state index is 12.1. The first-order chi connectivity index (χ1) is 17.0. The van der Waals surface area contributed by atoms with Crippen LogP contribution in [0.5, 0.6) is 0 Å². The summed E-state index contributed by atoms with van der Waals surface area (Å²) in [5.74, 6) is 1.47. The molecular weight excluding hydrogens is 480 g/mol. The van der Waals surface area contributed by atoms with E-state index >= 15 is 0 Å². The van der Waals surface area contributed by atoms with Crippen LogP contribution in [0.15, 0.2) is 60.2 Å². The van der Waals surface area contributed by atoms with Gasteiger partial charge < -0.3 is 9.64 Å². The van der Waals surface area contributed by atoms with Crippen LogP contribution >= 0.6 is 11.3 Å². The molecule has 1 aliphatic carbocycles. The molecule has 3 aromatic rings. The van der Waals surface area contributed by atoms with E-state index in [1.807, 2.05) is 12.1 Å². The fourth-order valence-corrected chi connectivity index (χ4v) is 6.95. The van der Waals surface area contributed by atoms with E-state index < -0.39 is 10.0 Å². The van der Waals surface area contributed by atoms with Gasteiger partial charge in [0, 0.05) is 35.9 Å². The molecule has 0 spiro atoms. The zero-order valence-corrected chi connectivity index (χ0v) is 21.5. The van der Waals surface area contributed by atoms with E-state index in [9.17, 15) is 8.42 Å². The van der Waals surface area contributed by atoms with Gasteiger partial charge in [-0.3, -0.25) is 4.98 Å². The van der Waals surface area contributed by atoms with Gasteiger partial charge in [0.25, 0.3) is 0 Å². The van der Waals surface area contributed by atoms with Gasteiger partial charge in [-0.2, -0.15) is 0 Å². The lowest BCUT2D eigenvalue weighted by Gasteiger charge is -2.33. The molecule has 2 aliphatic rings. The Hall–Kier alpha value is -2.33. The van der Waals surface area contributed by atoms with Crippen LogP contribution < -0.4 is 9.62 Å². The number of nitrogens with zero attached hydrogens (tertiary/aromatic N) is 3. The van der Waals surface area contributed by atoms with Crippen LogP contribution in [0.2, 0.25) is 0 Å². The minimum absolute atomic E-state index is 0.0936. The number of nitrogens with one attached hydrogen (secondary N) is 1. The van der Waals surface area contributed by atoms with Gasteiger partial charge in [0.1, 0.15) is 10.8 Å². The summed E-state index contributed by atoms with van der Waals surface area (Å²) >= 11 is 1.59. The number of aromatic nitrogens is 2. The third-order valence-electron chi connectivity index (χ3n) is 7.07. The highest BCUT2D eigenvalue weighted by Gasteiger charge is 2.38. The van der Waals surface area contributed by atoms with Crippen molar-refractivity contribution in [2.75, 3.05) is 24.3 Å². The van der Waals surface area contributed by atoms with Crippen LogP contribution in [0.1, 0.15) is 43.6 Å². The average Bonchev–Trinajstić information content (AvgIpc) is 3.50. The van der Waals surface area contributed by atoms with Gasteiger partial charge in [-0.1, -0.05) is 30.3 Å². The summed E-state index contributed by atoms with van der Waals surface area (Å²) in [4.78, 5) is 11.2. The predicted molar refractivity (Wildman–Crippen MR) is 140 cm³/mol. The van der Waals surface area contributed by atoms with Gasteiger partial charge in [-0.05, 0) is 55.7 Å². The SMILES string of the molecule is CS(=O)(=O)NC1CCN(c2csc(-c3ccncc3)n2)C1CO[C@H]1CC[C@@H](c2ccccc2)CC1. The zero-order chi connectivity index (χ0) is 24.3. The minimum Gasteiger partial charge on any atom is -0.376 e. The van der Waals surface area contributed by atoms with Crippen molar-refractivity contribution in [3.05, 3.63) is 65.8 Å². The Morgan fingerprint density at radius 1 is 1.06 bits per heavy atom. The van der Waals surface area contributed by atoms with E-state index in [1.54, 1.807) is 23.7 Å². The van der Waals surface area contributed by atoms with E-state index in [-0.39, 0.29) is 18.2 Å². The molecule has 3 heterocycles. The lowest BCUT2D eigenvalue weighted by atomic mass is 9.83. The Balaban J connectivity index is 1.25. The lowest BCUT2D eigenvalue weighted by molar-refractivity contribution is 0.0156. The minimum atomic E-state index is -3.32. The second kappa shape index (κ2) is 10.7. The van der Waals surface area contributed by atoms with Crippen molar-refractivity contribution in [2.45, 2.75) is 56.2 Å². The predicted octanol–water partition coefficient (Wildman–Crippen LogP) is 4.44. The van der Waals surface area contributed by atoms with E-state index in [4.69, 9.17) is 9.72 Å². The topological polar surface area (TPSA) is 84.4 Å². The van der Waals surface area contributed by atoms with Crippen LogP contribution in [0, 0.1) is 0 Å². The van der Waals surface area contributed by atoms with Crippen molar-refractivity contribution in [1.29, 1.82) is 0 Å². The first-order valence-electron chi connectivity index (χ1n) is 12.2. The molecule has 9 heteroatoms. The second-order valence-electron chi connectivity index (χ2n) is 9.51. The molecular formula is C26H32N4O3S2. The van der Waals surface area contributed by atoms with Gasteiger partial charge in [-0.25, -0.2) is 18.1 Å². The Bertz CT molecular complexity index is 1200. The third kappa shape index (κ3) is 6.09. The first kappa shape index (κ1) is 24.4. The van der Waals surface area contributed by atoms with Gasteiger partial charge >= 0.3 is 0 Å².